The Labute approximate surface area is 113 Å². The summed E-state index contributed by atoms with van der Waals surface area (Å²) in [7, 11) is 0. The lowest BCUT2D eigenvalue weighted by molar-refractivity contribution is -0.131. The predicted molar refractivity (Wildman–Crippen MR) is 71.4 cm³/mol. The van der Waals surface area contributed by atoms with Crippen LogP contribution in [-0.4, -0.2) is 32.0 Å². The number of hydrogen-bond acceptors (Lipinski definition) is 4. The molecule has 0 aromatic carbocycles. The average Bonchev–Trinajstić information content (AvgIpc) is 2.73. The fraction of sp³-hybridized carbons (Fsp3) is 0.545. The van der Waals surface area contributed by atoms with Crippen LogP contribution in [-0.2, 0) is 9.47 Å². The molecule has 1 N–H and O–H groups in total. The maximum Gasteiger partial charge on any atom is 0.252 e. The molecule has 0 saturated carbocycles. The fourth-order valence-electron chi connectivity index (χ4n) is 1.24. The zero-order chi connectivity index (χ0) is 12.7. The first kappa shape index (κ1) is 14.6. The fourth-order valence-corrected chi connectivity index (χ4v) is 2.38. The summed E-state index contributed by atoms with van der Waals surface area (Å²) in [6.07, 6.45) is -0.379. The Bertz CT molecular complexity index is 350. The number of thiophene rings is 1. The molecule has 17 heavy (non-hydrogen) atoms. The van der Waals surface area contributed by atoms with Crippen LogP contribution in [0.15, 0.2) is 15.2 Å². The second-order valence-corrected chi connectivity index (χ2v) is 5.48. The van der Waals surface area contributed by atoms with E-state index in [0.29, 0.717) is 25.3 Å². The Morgan fingerprint density at radius 2 is 2.12 bits per heavy atom. The third kappa shape index (κ3) is 5.16. The van der Waals surface area contributed by atoms with Crippen molar-refractivity contribution in [2.24, 2.45) is 0 Å². The number of hydrogen-bond donors (Lipinski definition) is 1. The average molecular weight is 322 g/mol. The van der Waals surface area contributed by atoms with Gasteiger partial charge in [-0.05, 0) is 35.8 Å². The molecule has 1 heterocycles. The summed E-state index contributed by atoms with van der Waals surface area (Å²) in [5, 5.41) is 4.58. The van der Waals surface area contributed by atoms with Gasteiger partial charge in [0.15, 0.2) is 6.29 Å². The Balaban J connectivity index is 2.40. The van der Waals surface area contributed by atoms with Crippen LogP contribution in [0.3, 0.4) is 0 Å². The highest BCUT2D eigenvalue weighted by Gasteiger charge is 2.12. The van der Waals surface area contributed by atoms with E-state index in [9.17, 15) is 4.79 Å². The Hall–Kier alpha value is -0.430. The van der Waals surface area contributed by atoms with E-state index < -0.39 is 0 Å². The maximum atomic E-state index is 11.7. The van der Waals surface area contributed by atoms with Gasteiger partial charge in [-0.15, -0.1) is 11.3 Å². The summed E-state index contributed by atoms with van der Waals surface area (Å²) in [5.41, 5.74) is 0.647. The first-order valence-corrected chi connectivity index (χ1v) is 7.10. The first-order valence-electron chi connectivity index (χ1n) is 5.42. The molecule has 1 amide bonds. The molecule has 1 aromatic heterocycles. The molecule has 0 unspecified atom stereocenters. The highest BCUT2D eigenvalue weighted by Crippen LogP contribution is 2.20. The van der Waals surface area contributed by atoms with E-state index in [0.717, 1.165) is 3.79 Å². The topological polar surface area (TPSA) is 47.6 Å². The van der Waals surface area contributed by atoms with Gasteiger partial charge in [0.25, 0.3) is 5.91 Å². The third-order valence-electron chi connectivity index (χ3n) is 1.96. The molecule has 0 fully saturated rings. The van der Waals surface area contributed by atoms with Crippen LogP contribution in [0.2, 0.25) is 0 Å². The summed E-state index contributed by atoms with van der Waals surface area (Å²) in [6, 6.07) is 1.79. The van der Waals surface area contributed by atoms with Crippen molar-refractivity contribution in [2.75, 3.05) is 19.8 Å². The molecule has 0 radical (unpaired) electrons. The number of halogens is 1. The Morgan fingerprint density at radius 3 is 2.59 bits per heavy atom. The molecule has 0 bridgehead atoms. The molecule has 0 aliphatic rings. The van der Waals surface area contributed by atoms with E-state index in [1.807, 2.05) is 13.8 Å². The standard InChI is InChI=1S/C11H16BrNO3S/c1-3-15-10(16-4-2)6-13-11(14)8-5-9(12)17-7-8/h5,7,10H,3-4,6H2,1-2H3,(H,13,14). The minimum atomic E-state index is -0.379. The van der Waals surface area contributed by atoms with Gasteiger partial charge in [0.05, 0.1) is 15.9 Å². The van der Waals surface area contributed by atoms with Gasteiger partial charge in [-0.1, -0.05) is 0 Å². The SMILES string of the molecule is CCOC(CNC(=O)c1csc(Br)c1)OCC. The van der Waals surface area contributed by atoms with E-state index in [1.54, 1.807) is 11.4 Å². The van der Waals surface area contributed by atoms with Gasteiger partial charge < -0.3 is 14.8 Å². The van der Waals surface area contributed by atoms with Crippen molar-refractivity contribution < 1.29 is 14.3 Å². The van der Waals surface area contributed by atoms with Crippen molar-refractivity contribution in [2.45, 2.75) is 20.1 Å². The van der Waals surface area contributed by atoms with Gasteiger partial charge in [0.1, 0.15) is 0 Å². The molecule has 1 rings (SSSR count). The van der Waals surface area contributed by atoms with Crippen LogP contribution in [0.25, 0.3) is 0 Å². The van der Waals surface area contributed by atoms with Crippen molar-refractivity contribution >= 4 is 33.2 Å². The van der Waals surface area contributed by atoms with Gasteiger partial charge in [-0.25, -0.2) is 0 Å². The molecule has 0 aliphatic carbocycles. The quantitative estimate of drug-likeness (QED) is 0.785. The lowest BCUT2D eigenvalue weighted by Crippen LogP contribution is -2.35. The van der Waals surface area contributed by atoms with Crippen LogP contribution < -0.4 is 5.32 Å². The van der Waals surface area contributed by atoms with Crippen molar-refractivity contribution in [3.8, 4) is 0 Å². The van der Waals surface area contributed by atoms with E-state index in [4.69, 9.17) is 9.47 Å². The molecule has 1 aromatic rings. The summed E-state index contributed by atoms with van der Waals surface area (Å²) >= 11 is 4.80. The number of ether oxygens (including phenoxy) is 2. The van der Waals surface area contributed by atoms with Crippen LogP contribution in [0.1, 0.15) is 24.2 Å². The predicted octanol–water partition coefficient (Wildman–Crippen LogP) is 2.64. The summed E-state index contributed by atoms with van der Waals surface area (Å²) in [6.45, 7) is 5.26. The molecule has 0 saturated heterocycles. The van der Waals surface area contributed by atoms with E-state index >= 15 is 0 Å². The first-order chi connectivity index (χ1) is 8.17. The number of rotatable bonds is 7. The summed E-state index contributed by atoms with van der Waals surface area (Å²) < 4.78 is 11.6. The minimum absolute atomic E-state index is 0.114. The van der Waals surface area contributed by atoms with Gasteiger partial charge in [-0.2, -0.15) is 0 Å². The van der Waals surface area contributed by atoms with E-state index in [1.165, 1.54) is 11.3 Å². The lowest BCUT2D eigenvalue weighted by atomic mass is 10.3. The van der Waals surface area contributed by atoms with E-state index in [2.05, 4.69) is 21.2 Å². The largest absolute Gasteiger partial charge is 0.351 e. The zero-order valence-electron chi connectivity index (χ0n) is 9.86. The van der Waals surface area contributed by atoms with Crippen molar-refractivity contribution in [3.63, 3.8) is 0 Å². The minimum Gasteiger partial charge on any atom is -0.351 e. The van der Waals surface area contributed by atoms with Gasteiger partial charge in [-0.3, -0.25) is 4.79 Å². The van der Waals surface area contributed by atoms with Crippen LogP contribution in [0, 0.1) is 0 Å². The van der Waals surface area contributed by atoms with Crippen molar-refractivity contribution in [1.29, 1.82) is 0 Å². The Morgan fingerprint density at radius 1 is 1.47 bits per heavy atom. The van der Waals surface area contributed by atoms with Gasteiger partial charge in [0.2, 0.25) is 0 Å². The van der Waals surface area contributed by atoms with Crippen LogP contribution >= 0.6 is 27.3 Å². The molecule has 0 atom stereocenters. The number of amides is 1. The highest BCUT2D eigenvalue weighted by atomic mass is 79.9. The zero-order valence-corrected chi connectivity index (χ0v) is 12.3. The normalized spacial score (nSPS) is 10.8. The van der Waals surface area contributed by atoms with E-state index in [-0.39, 0.29) is 12.2 Å². The Kier molecular flexibility index (Phi) is 6.72. The number of carbonyl (C=O) groups excluding carboxylic acids is 1. The number of carbonyl (C=O) groups is 1. The molecule has 0 spiro atoms. The molecule has 96 valence electrons. The van der Waals surface area contributed by atoms with Crippen molar-refractivity contribution in [1.82, 2.24) is 5.32 Å². The van der Waals surface area contributed by atoms with Crippen LogP contribution in [0.4, 0.5) is 0 Å². The second-order valence-electron chi connectivity index (χ2n) is 3.19. The summed E-state index contributed by atoms with van der Waals surface area (Å²) in [4.78, 5) is 11.7. The van der Waals surface area contributed by atoms with Gasteiger partial charge in [0, 0.05) is 18.6 Å². The smallest absolute Gasteiger partial charge is 0.252 e. The molecular weight excluding hydrogens is 306 g/mol. The number of nitrogens with one attached hydrogen (secondary N) is 1. The van der Waals surface area contributed by atoms with Crippen LogP contribution in [0.5, 0.6) is 0 Å². The molecule has 0 aliphatic heterocycles. The molecular formula is C11H16BrNO3S. The maximum absolute atomic E-state index is 11.7. The molecule has 6 heteroatoms. The highest BCUT2D eigenvalue weighted by molar-refractivity contribution is 9.11. The van der Waals surface area contributed by atoms with Crippen molar-refractivity contribution in [3.05, 3.63) is 20.8 Å². The summed E-state index contributed by atoms with van der Waals surface area (Å²) in [5.74, 6) is -0.114. The second kappa shape index (κ2) is 7.81. The van der Waals surface area contributed by atoms with Gasteiger partial charge >= 0.3 is 0 Å². The lowest BCUT2D eigenvalue weighted by Gasteiger charge is -2.17. The monoisotopic (exact) mass is 321 g/mol. The molecule has 4 nitrogen and oxygen atoms in total. The third-order valence-corrected chi connectivity index (χ3v) is 3.47.